The second-order valence-electron chi connectivity index (χ2n) is 8.70. The van der Waals surface area contributed by atoms with E-state index in [1.54, 1.807) is 6.07 Å². The average Bonchev–Trinajstić information content (AvgIpc) is 2.88. The number of sulfonamides is 1. The minimum absolute atomic E-state index is 0.0782. The van der Waals surface area contributed by atoms with Gasteiger partial charge in [0.25, 0.3) is 5.56 Å². The maximum atomic E-state index is 14.9. The molecule has 0 amide bonds. The van der Waals surface area contributed by atoms with Crippen LogP contribution in [0.1, 0.15) is 0 Å². The Morgan fingerprint density at radius 3 is 2.34 bits per heavy atom. The lowest BCUT2D eigenvalue weighted by Gasteiger charge is -2.34. The molecule has 0 radical (unpaired) electrons. The molecule has 1 N–H and O–H groups in total. The van der Waals surface area contributed by atoms with Gasteiger partial charge in [0, 0.05) is 49.0 Å². The second-order valence-corrected chi connectivity index (χ2v) is 11.1. The number of halogens is 2. The van der Waals surface area contributed by atoms with Gasteiger partial charge in [-0.1, -0.05) is 17.7 Å². The van der Waals surface area contributed by atoms with E-state index in [-0.39, 0.29) is 27.9 Å². The average molecular weight is 559 g/mol. The minimum Gasteiger partial charge on any atom is -0.412 e. The summed E-state index contributed by atoms with van der Waals surface area (Å²) in [6.07, 6.45) is 1.22. The van der Waals surface area contributed by atoms with E-state index in [4.69, 9.17) is 16.4 Å². The highest BCUT2D eigenvalue weighted by atomic mass is 35.5. The predicted molar refractivity (Wildman–Crippen MR) is 145 cm³/mol. The largest absolute Gasteiger partial charge is 0.412 e. The van der Waals surface area contributed by atoms with Crippen molar-refractivity contribution in [2.24, 2.45) is 0 Å². The number of rotatable bonds is 6. The van der Waals surface area contributed by atoms with Gasteiger partial charge < -0.3 is 15.1 Å². The Labute approximate surface area is 223 Å². The molecule has 0 unspecified atom stereocenters. The predicted octanol–water partition coefficient (Wildman–Crippen LogP) is 3.13. The van der Waals surface area contributed by atoms with Crippen LogP contribution in [0.15, 0.2) is 59.4 Å². The molecule has 1 aliphatic rings. The van der Waals surface area contributed by atoms with E-state index in [9.17, 15) is 17.6 Å². The van der Waals surface area contributed by atoms with E-state index in [0.717, 1.165) is 10.4 Å². The molecule has 10 nitrogen and oxygen atoms in total. The molecular formula is C25H24ClFN6O4S. The molecule has 0 atom stereocenters. The van der Waals surface area contributed by atoms with E-state index in [0.29, 0.717) is 37.3 Å². The van der Waals surface area contributed by atoms with Gasteiger partial charge in [0.05, 0.1) is 22.5 Å². The summed E-state index contributed by atoms with van der Waals surface area (Å²) in [5.74, 6) is -0.461. The normalized spacial score (nSPS) is 14.6. The molecule has 5 rings (SSSR count). The lowest BCUT2D eigenvalue weighted by atomic mass is 10.1. The molecule has 38 heavy (non-hydrogen) atoms. The molecule has 2 aromatic carbocycles. The Morgan fingerprint density at radius 2 is 1.71 bits per heavy atom. The molecule has 1 aliphatic heterocycles. The standard InChI is InChI=1S/C25H24ClFN6O4S/c1-37-33-21(34)11-10-18-23(22-19(26)4-3-5-20(22)27)29-25(30-24(18)33)28-16-6-8-17(9-7-16)31-12-14-32(15-13-31)38(2,35)36/h3-11H,12-15H2,1-2H3,(H,28,29,30). The van der Waals surface area contributed by atoms with Gasteiger partial charge >= 0.3 is 0 Å². The molecule has 198 valence electrons. The zero-order valence-electron chi connectivity index (χ0n) is 20.6. The van der Waals surface area contributed by atoms with Crippen LogP contribution in [0, 0.1) is 5.82 Å². The van der Waals surface area contributed by atoms with Gasteiger partial charge in [-0.2, -0.15) is 9.29 Å². The van der Waals surface area contributed by atoms with Crippen LogP contribution in [0.2, 0.25) is 5.02 Å². The Bertz CT molecular complexity index is 1650. The minimum atomic E-state index is -3.20. The first-order valence-corrected chi connectivity index (χ1v) is 13.9. The molecule has 1 saturated heterocycles. The van der Waals surface area contributed by atoms with E-state index in [2.05, 4.69) is 20.2 Å². The van der Waals surface area contributed by atoms with Crippen molar-refractivity contribution in [3.05, 3.63) is 75.8 Å². The second kappa shape index (κ2) is 10.2. The molecule has 13 heteroatoms. The van der Waals surface area contributed by atoms with Crippen LogP contribution in [0.3, 0.4) is 0 Å². The number of pyridine rings is 1. The smallest absolute Gasteiger partial charge is 0.285 e. The number of nitrogens with one attached hydrogen (secondary N) is 1. The highest BCUT2D eigenvalue weighted by molar-refractivity contribution is 7.88. The molecule has 2 aromatic heterocycles. The Hall–Kier alpha value is -3.74. The number of piperazine rings is 1. The van der Waals surface area contributed by atoms with Crippen molar-refractivity contribution < 1.29 is 17.6 Å². The first-order valence-electron chi connectivity index (χ1n) is 11.7. The van der Waals surface area contributed by atoms with E-state index in [1.807, 2.05) is 24.3 Å². The van der Waals surface area contributed by atoms with Gasteiger partial charge in [-0.05, 0) is 42.5 Å². The van der Waals surface area contributed by atoms with Gasteiger partial charge in [-0.15, -0.1) is 4.73 Å². The first-order chi connectivity index (χ1) is 18.2. The van der Waals surface area contributed by atoms with Crippen LogP contribution in [0.4, 0.5) is 21.7 Å². The summed E-state index contributed by atoms with van der Waals surface area (Å²) in [7, 11) is -1.87. The number of fused-ring (bicyclic) bond motifs is 1. The van der Waals surface area contributed by atoms with Gasteiger partial charge in [-0.3, -0.25) is 4.79 Å². The third-order valence-corrected chi connectivity index (χ3v) is 7.91. The SMILES string of the molecule is COn1c(=O)ccc2c(-c3c(F)cccc3Cl)nc(Nc3ccc(N4CCN(S(C)(=O)=O)CC4)cc3)nc21. The van der Waals surface area contributed by atoms with Crippen LogP contribution < -0.4 is 20.6 Å². The Balaban J connectivity index is 1.48. The Kier molecular flexibility index (Phi) is 6.95. The van der Waals surface area contributed by atoms with E-state index >= 15 is 0 Å². The number of hydrogen-bond donors (Lipinski definition) is 1. The van der Waals surface area contributed by atoms with Crippen LogP contribution in [0.25, 0.3) is 22.3 Å². The lowest BCUT2D eigenvalue weighted by Crippen LogP contribution is -2.48. The summed E-state index contributed by atoms with van der Waals surface area (Å²) < 4.78 is 40.9. The van der Waals surface area contributed by atoms with Gasteiger partial charge in [0.15, 0.2) is 5.65 Å². The molecule has 0 spiro atoms. The Morgan fingerprint density at radius 1 is 1.00 bits per heavy atom. The molecule has 4 aromatic rings. The fourth-order valence-electron chi connectivity index (χ4n) is 4.40. The fraction of sp³-hybridized carbons (Fsp3) is 0.240. The summed E-state index contributed by atoms with van der Waals surface area (Å²) in [5.41, 5.74) is 1.56. The zero-order chi connectivity index (χ0) is 27.0. The van der Waals surface area contributed by atoms with Crippen molar-refractivity contribution >= 4 is 50.0 Å². The van der Waals surface area contributed by atoms with Crippen LogP contribution in [-0.4, -0.2) is 67.0 Å². The number of hydrogen-bond acceptors (Lipinski definition) is 8. The lowest BCUT2D eigenvalue weighted by molar-refractivity contribution is 0.167. The van der Waals surface area contributed by atoms with Crippen molar-refractivity contribution in [3.63, 3.8) is 0 Å². The summed E-state index contributed by atoms with van der Waals surface area (Å²) in [5, 5.41) is 3.65. The van der Waals surface area contributed by atoms with E-state index in [1.165, 1.54) is 41.9 Å². The maximum absolute atomic E-state index is 14.9. The number of nitrogens with zero attached hydrogens (tertiary/aromatic N) is 5. The van der Waals surface area contributed by atoms with Gasteiger partial charge in [0.2, 0.25) is 16.0 Å². The van der Waals surface area contributed by atoms with Crippen molar-refractivity contribution in [1.29, 1.82) is 0 Å². The molecular weight excluding hydrogens is 535 g/mol. The van der Waals surface area contributed by atoms with Crippen molar-refractivity contribution in [2.75, 3.05) is 49.8 Å². The summed E-state index contributed by atoms with van der Waals surface area (Å²) >= 11 is 6.35. The zero-order valence-corrected chi connectivity index (χ0v) is 22.1. The molecule has 0 aliphatic carbocycles. The molecule has 3 heterocycles. The quantitative estimate of drug-likeness (QED) is 0.384. The van der Waals surface area contributed by atoms with Crippen molar-refractivity contribution in [3.8, 4) is 11.3 Å². The molecule has 0 saturated carbocycles. The van der Waals surface area contributed by atoms with Gasteiger partial charge in [0.1, 0.15) is 12.9 Å². The summed E-state index contributed by atoms with van der Waals surface area (Å²) in [6.45, 7) is 2.00. The van der Waals surface area contributed by atoms with Crippen LogP contribution in [-0.2, 0) is 10.0 Å². The highest BCUT2D eigenvalue weighted by Gasteiger charge is 2.24. The van der Waals surface area contributed by atoms with Crippen molar-refractivity contribution in [1.82, 2.24) is 19.0 Å². The third-order valence-electron chi connectivity index (χ3n) is 6.29. The topological polar surface area (TPSA) is 110 Å². The van der Waals surface area contributed by atoms with Gasteiger partial charge in [-0.25, -0.2) is 17.8 Å². The maximum Gasteiger partial charge on any atom is 0.285 e. The molecule has 1 fully saturated rings. The first kappa shape index (κ1) is 25.9. The monoisotopic (exact) mass is 558 g/mol. The van der Waals surface area contributed by atoms with Crippen LogP contribution >= 0.6 is 11.6 Å². The highest BCUT2D eigenvalue weighted by Crippen LogP contribution is 2.34. The van der Waals surface area contributed by atoms with Crippen LogP contribution in [0.5, 0.6) is 0 Å². The summed E-state index contributed by atoms with van der Waals surface area (Å²) in [6, 6.07) is 14.6. The van der Waals surface area contributed by atoms with Crippen molar-refractivity contribution in [2.45, 2.75) is 0 Å². The summed E-state index contributed by atoms with van der Waals surface area (Å²) in [4.78, 5) is 28.8. The fourth-order valence-corrected chi connectivity index (χ4v) is 5.48. The number of benzene rings is 2. The molecule has 0 bridgehead atoms. The third kappa shape index (κ3) is 5.02. The number of aromatic nitrogens is 3. The van der Waals surface area contributed by atoms with E-state index < -0.39 is 21.4 Å². The number of anilines is 3.